The lowest BCUT2D eigenvalue weighted by Gasteiger charge is -2.24. The van der Waals surface area contributed by atoms with Crippen LogP contribution in [0.4, 0.5) is 11.4 Å². The van der Waals surface area contributed by atoms with Gasteiger partial charge >= 0.3 is 0 Å². The van der Waals surface area contributed by atoms with Gasteiger partial charge in [0.15, 0.2) is 12.3 Å². The second-order valence-corrected chi connectivity index (χ2v) is 13.7. The van der Waals surface area contributed by atoms with Gasteiger partial charge in [-0.15, -0.1) is 0 Å². The minimum atomic E-state index is -4.26. The van der Waals surface area contributed by atoms with Gasteiger partial charge in [0.2, 0.25) is 0 Å². The van der Waals surface area contributed by atoms with E-state index in [0.717, 1.165) is 66.2 Å². The number of hydrogen-bond donors (Lipinski definition) is 1. The van der Waals surface area contributed by atoms with E-state index >= 15 is 0 Å². The molecule has 1 aliphatic rings. The van der Waals surface area contributed by atoms with E-state index in [4.69, 9.17) is 0 Å². The van der Waals surface area contributed by atoms with Crippen LogP contribution in [0.25, 0.3) is 5.57 Å². The first-order valence-electron chi connectivity index (χ1n) is 17.2. The third kappa shape index (κ3) is 8.85. The van der Waals surface area contributed by atoms with Gasteiger partial charge in [-0.1, -0.05) is 60.2 Å². The van der Waals surface area contributed by atoms with Crippen molar-refractivity contribution in [3.8, 4) is 0 Å². The van der Waals surface area contributed by atoms with Crippen molar-refractivity contribution >= 4 is 32.8 Å². The average Bonchev–Trinajstić information content (AvgIpc) is 3.11. The minimum Gasteiger partial charge on any atom is -0.372 e. The maximum atomic E-state index is 11.7. The maximum Gasteiger partial charge on any atom is 0.294 e. The van der Waals surface area contributed by atoms with E-state index in [2.05, 4.69) is 146 Å². The normalized spacial score (nSPS) is 12.7. The molecule has 0 saturated carbocycles. The average molecular weight is 675 g/mol. The Kier molecular flexibility index (Phi) is 11.7. The van der Waals surface area contributed by atoms with Crippen LogP contribution in [0.2, 0.25) is 0 Å². The monoisotopic (exact) mass is 674 g/mol. The number of allylic oxidation sites excluding steroid dienone is 5. The smallest absolute Gasteiger partial charge is 0.294 e. The third-order valence-electron chi connectivity index (χ3n) is 9.12. The molecule has 7 heteroatoms. The van der Waals surface area contributed by atoms with Gasteiger partial charge in [0, 0.05) is 55.3 Å². The van der Waals surface area contributed by atoms with Gasteiger partial charge < -0.3 is 9.80 Å². The molecule has 0 amide bonds. The summed E-state index contributed by atoms with van der Waals surface area (Å²) in [6.45, 7) is 15.7. The van der Waals surface area contributed by atoms with Crippen LogP contribution in [0.1, 0.15) is 55.5 Å². The summed E-state index contributed by atoms with van der Waals surface area (Å²) in [6.07, 6.45) is 8.92. The highest BCUT2D eigenvalue weighted by molar-refractivity contribution is 7.85. The fraction of sp³-hybridized carbons (Fsp3) is 0.262. The molecule has 0 radical (unpaired) electrons. The molecular weight excluding hydrogens is 627 g/mol. The fourth-order valence-electron chi connectivity index (χ4n) is 6.43. The van der Waals surface area contributed by atoms with E-state index in [-0.39, 0.29) is 4.90 Å². The zero-order valence-electron chi connectivity index (χ0n) is 29.3. The molecule has 1 aliphatic carbocycles. The molecule has 0 atom stereocenters. The number of benzene rings is 4. The van der Waals surface area contributed by atoms with Crippen molar-refractivity contribution < 1.29 is 17.5 Å². The van der Waals surface area contributed by atoms with Crippen LogP contribution in [0, 0.1) is 6.92 Å². The van der Waals surface area contributed by atoms with E-state index in [1.165, 1.54) is 34.7 Å². The largest absolute Gasteiger partial charge is 0.372 e. The Balaban J connectivity index is 1.50. The number of nitrogens with zero attached hydrogens (tertiary/aromatic N) is 3. The highest BCUT2D eigenvalue weighted by Crippen LogP contribution is 2.32. The molecule has 0 aromatic heterocycles. The van der Waals surface area contributed by atoms with Gasteiger partial charge in [-0.25, -0.2) is 4.58 Å². The first-order valence-corrected chi connectivity index (χ1v) is 18.6. The summed E-state index contributed by atoms with van der Waals surface area (Å²) in [7, 11) is -4.26. The molecule has 4 aromatic rings. The predicted octanol–water partition coefficient (Wildman–Crippen LogP) is 8.72. The molecule has 0 aliphatic heterocycles. The molecule has 49 heavy (non-hydrogen) atoms. The molecule has 0 heterocycles. The topological polar surface area (TPSA) is 63.9 Å². The first-order chi connectivity index (χ1) is 23.6. The Morgan fingerprint density at radius 3 is 1.76 bits per heavy atom. The van der Waals surface area contributed by atoms with E-state index in [1.807, 2.05) is 6.07 Å². The van der Waals surface area contributed by atoms with E-state index in [1.54, 1.807) is 6.07 Å². The second-order valence-electron chi connectivity index (χ2n) is 12.3. The maximum absolute atomic E-state index is 11.7. The second kappa shape index (κ2) is 16.1. The van der Waals surface area contributed by atoms with Crippen molar-refractivity contribution in [3.63, 3.8) is 0 Å². The molecule has 0 fully saturated rings. The van der Waals surface area contributed by atoms with Crippen LogP contribution in [0.5, 0.6) is 0 Å². The van der Waals surface area contributed by atoms with Gasteiger partial charge in [-0.2, -0.15) is 8.42 Å². The van der Waals surface area contributed by atoms with Crippen molar-refractivity contribution in [1.82, 2.24) is 0 Å². The van der Waals surface area contributed by atoms with Gasteiger partial charge in [0.1, 0.15) is 6.54 Å². The summed E-state index contributed by atoms with van der Waals surface area (Å²) in [5.74, 6) is 0. The summed E-state index contributed by atoms with van der Waals surface area (Å²) in [5.41, 5.74) is 11.4. The standard InChI is InChI=1S/C42H47N3O3S/c1-6-43(7-2)38-22-16-35(17-23-38)42(36-18-24-39(25-19-36)44(8-3)30-33-13-10-12-32(5)28-33)37-20-26-40(27-21-37)45(9-4)31-34-14-11-15-41(29-34)49(46,47)48/h10-29H,6-9,30-31H2,1-5H3/p+1. The molecule has 5 rings (SSSR count). The van der Waals surface area contributed by atoms with E-state index in [0.29, 0.717) is 6.54 Å². The Hall–Kier alpha value is -4.72. The van der Waals surface area contributed by atoms with Crippen molar-refractivity contribution in [2.75, 3.05) is 36.0 Å². The molecule has 6 nitrogen and oxygen atoms in total. The van der Waals surface area contributed by atoms with Crippen molar-refractivity contribution in [2.45, 2.75) is 52.6 Å². The Morgan fingerprint density at radius 1 is 0.673 bits per heavy atom. The molecular formula is C42H48N3O3S+. The predicted molar refractivity (Wildman–Crippen MR) is 204 cm³/mol. The summed E-state index contributed by atoms with van der Waals surface area (Å²) in [6, 6.07) is 32.7. The van der Waals surface area contributed by atoms with Gasteiger partial charge in [-0.3, -0.25) is 4.55 Å². The number of aryl methyl sites for hydroxylation is 1. The number of anilines is 2. The van der Waals surface area contributed by atoms with Crippen molar-refractivity contribution in [2.24, 2.45) is 0 Å². The van der Waals surface area contributed by atoms with Crippen molar-refractivity contribution in [3.05, 3.63) is 155 Å². The van der Waals surface area contributed by atoms with Crippen LogP contribution >= 0.6 is 0 Å². The highest BCUT2D eigenvalue weighted by Gasteiger charge is 2.17. The van der Waals surface area contributed by atoms with Crippen LogP contribution < -0.4 is 9.80 Å². The van der Waals surface area contributed by atoms with E-state index < -0.39 is 10.1 Å². The van der Waals surface area contributed by atoms with Crippen LogP contribution in [0.15, 0.2) is 132 Å². The summed E-state index contributed by atoms with van der Waals surface area (Å²) < 4.78 is 35.4. The quantitative estimate of drug-likeness (QED) is 0.114. The molecule has 254 valence electrons. The Labute approximate surface area is 292 Å². The summed E-state index contributed by atoms with van der Waals surface area (Å²) >= 11 is 0. The third-order valence-corrected chi connectivity index (χ3v) is 9.97. The van der Waals surface area contributed by atoms with Crippen LogP contribution in [0.3, 0.4) is 0 Å². The molecule has 0 saturated heterocycles. The lowest BCUT2D eigenvalue weighted by molar-refractivity contribution is -0.539. The molecule has 0 bridgehead atoms. The van der Waals surface area contributed by atoms with Gasteiger partial charge in [-0.05, 0) is 117 Å². The highest BCUT2D eigenvalue weighted by atomic mass is 32.2. The van der Waals surface area contributed by atoms with Crippen LogP contribution in [-0.4, -0.2) is 49.4 Å². The van der Waals surface area contributed by atoms with E-state index in [9.17, 15) is 13.0 Å². The Morgan fingerprint density at radius 2 is 1.22 bits per heavy atom. The molecule has 4 aromatic carbocycles. The van der Waals surface area contributed by atoms with Gasteiger partial charge in [0.25, 0.3) is 10.1 Å². The summed E-state index contributed by atoms with van der Waals surface area (Å²) in [5, 5.41) is 0. The molecule has 0 spiro atoms. The molecule has 0 unspecified atom stereocenters. The zero-order chi connectivity index (χ0) is 35.0. The lowest BCUT2D eigenvalue weighted by Crippen LogP contribution is -2.22. The minimum absolute atomic E-state index is 0.0918. The number of hydrogen-bond acceptors (Lipinski definition) is 4. The van der Waals surface area contributed by atoms with Crippen LogP contribution in [-0.2, 0) is 23.2 Å². The zero-order valence-corrected chi connectivity index (χ0v) is 30.1. The van der Waals surface area contributed by atoms with Crippen molar-refractivity contribution in [1.29, 1.82) is 0 Å². The Bertz CT molecular complexity index is 1970. The first kappa shape index (κ1) is 35.6. The molecule has 1 N–H and O–H groups in total. The SMILES string of the molecule is CCN(CC)c1ccc(C(=C2C=CC(=[N+](CC)Cc3cccc(C)c3)C=C2)c2ccc(N(CC)Cc3cccc(S(=O)(=O)O)c3)cc2)cc1. The number of rotatable bonds is 13. The van der Waals surface area contributed by atoms with Gasteiger partial charge in [0.05, 0.1) is 4.90 Å². The summed E-state index contributed by atoms with van der Waals surface area (Å²) in [4.78, 5) is 4.45. The fourth-order valence-corrected chi connectivity index (χ4v) is 6.98. The lowest BCUT2D eigenvalue weighted by atomic mass is 9.90.